The van der Waals surface area contributed by atoms with Gasteiger partial charge in [-0.3, -0.25) is 0 Å². The summed E-state index contributed by atoms with van der Waals surface area (Å²) in [7, 11) is 0. The van der Waals surface area contributed by atoms with Crippen molar-refractivity contribution < 1.29 is 0 Å². The number of halogens is 1. The summed E-state index contributed by atoms with van der Waals surface area (Å²) in [5.74, 6) is 0.642. The maximum absolute atomic E-state index is 6.34. The molecule has 3 heteroatoms. The molecule has 0 fully saturated rings. The van der Waals surface area contributed by atoms with Gasteiger partial charge in [-0.1, -0.05) is 84.4 Å². The molecule has 0 radical (unpaired) electrons. The highest BCUT2D eigenvalue weighted by Gasteiger charge is 2.08. The number of fused-ring (bicyclic) bond motifs is 2. The normalized spacial score (nSPS) is 11.1. The van der Waals surface area contributed by atoms with E-state index in [1.54, 1.807) is 0 Å². The molecule has 0 atom stereocenters. The van der Waals surface area contributed by atoms with Crippen molar-refractivity contribution in [1.82, 2.24) is 9.97 Å². The molecule has 5 rings (SSSR count). The number of hydrogen-bond donors (Lipinski definition) is 0. The first-order chi connectivity index (χ1) is 13.3. The smallest absolute Gasteiger partial charge is 0.161 e. The van der Waals surface area contributed by atoms with E-state index in [4.69, 9.17) is 11.6 Å². The molecule has 0 aliphatic rings. The standard InChI is InChI=1S/C24H15ClN2/c25-23-21-7-3-4-8-22(21)26-24(27-23)18-12-9-17(10-13-18)20-14-11-16-5-1-2-6-19(16)15-20/h1-15H. The van der Waals surface area contributed by atoms with E-state index in [2.05, 4.69) is 64.6 Å². The summed E-state index contributed by atoms with van der Waals surface area (Å²) in [5.41, 5.74) is 4.16. The largest absolute Gasteiger partial charge is 0.228 e. The summed E-state index contributed by atoms with van der Waals surface area (Å²) < 4.78 is 0. The summed E-state index contributed by atoms with van der Waals surface area (Å²) in [4.78, 5) is 9.12. The van der Waals surface area contributed by atoms with Crippen LogP contribution in [0.3, 0.4) is 0 Å². The van der Waals surface area contributed by atoms with E-state index >= 15 is 0 Å². The van der Waals surface area contributed by atoms with E-state index in [9.17, 15) is 0 Å². The Morgan fingerprint density at radius 3 is 2.07 bits per heavy atom. The summed E-state index contributed by atoms with van der Waals surface area (Å²) in [6.45, 7) is 0. The summed E-state index contributed by atoms with van der Waals surface area (Å²) in [6.07, 6.45) is 0. The van der Waals surface area contributed by atoms with Gasteiger partial charge < -0.3 is 0 Å². The zero-order valence-corrected chi connectivity index (χ0v) is 15.2. The van der Waals surface area contributed by atoms with Crippen LogP contribution in [0.4, 0.5) is 0 Å². The SMILES string of the molecule is Clc1nc(-c2ccc(-c3ccc4ccccc4c3)cc2)nc2ccccc12. The van der Waals surface area contributed by atoms with Crippen molar-refractivity contribution in [2.24, 2.45) is 0 Å². The predicted octanol–water partition coefficient (Wildman–Crippen LogP) is 6.77. The number of benzene rings is 4. The van der Waals surface area contributed by atoms with Crippen LogP contribution in [0.1, 0.15) is 0 Å². The van der Waals surface area contributed by atoms with Crippen LogP contribution in [-0.4, -0.2) is 9.97 Å². The summed E-state index contributed by atoms with van der Waals surface area (Å²) in [6, 6.07) is 31.0. The molecule has 0 N–H and O–H groups in total. The van der Waals surface area contributed by atoms with Crippen LogP contribution >= 0.6 is 11.6 Å². The Bertz CT molecular complexity index is 1280. The van der Waals surface area contributed by atoms with Gasteiger partial charge in [0.15, 0.2) is 5.82 Å². The summed E-state index contributed by atoms with van der Waals surface area (Å²) in [5, 5.41) is 3.84. The van der Waals surface area contributed by atoms with Crippen LogP contribution in [0, 0.1) is 0 Å². The lowest BCUT2D eigenvalue weighted by atomic mass is 10.00. The first-order valence-corrected chi connectivity index (χ1v) is 9.18. The molecule has 0 aliphatic heterocycles. The molecule has 4 aromatic carbocycles. The molecule has 0 amide bonds. The zero-order valence-electron chi connectivity index (χ0n) is 14.4. The van der Waals surface area contributed by atoms with Crippen molar-refractivity contribution in [2.75, 3.05) is 0 Å². The lowest BCUT2D eigenvalue weighted by molar-refractivity contribution is 1.23. The summed E-state index contributed by atoms with van der Waals surface area (Å²) >= 11 is 6.34. The van der Waals surface area contributed by atoms with Crippen LogP contribution < -0.4 is 0 Å². The highest BCUT2D eigenvalue weighted by atomic mass is 35.5. The maximum Gasteiger partial charge on any atom is 0.161 e. The molecule has 1 aromatic heterocycles. The van der Waals surface area contributed by atoms with Crippen LogP contribution in [0.2, 0.25) is 5.15 Å². The number of aromatic nitrogens is 2. The van der Waals surface area contributed by atoms with E-state index in [1.165, 1.54) is 16.3 Å². The Hall–Kier alpha value is -3.23. The first-order valence-electron chi connectivity index (χ1n) is 8.80. The van der Waals surface area contributed by atoms with Crippen molar-refractivity contribution in [1.29, 1.82) is 0 Å². The van der Waals surface area contributed by atoms with Gasteiger partial charge in [-0.25, -0.2) is 9.97 Å². The number of para-hydroxylation sites is 1. The van der Waals surface area contributed by atoms with Crippen molar-refractivity contribution in [3.05, 3.63) is 96.1 Å². The fourth-order valence-corrected chi connectivity index (χ4v) is 3.59. The Kier molecular flexibility index (Phi) is 3.84. The van der Waals surface area contributed by atoms with E-state index in [1.807, 2.05) is 36.4 Å². The van der Waals surface area contributed by atoms with E-state index in [-0.39, 0.29) is 0 Å². The van der Waals surface area contributed by atoms with Crippen LogP contribution in [-0.2, 0) is 0 Å². The van der Waals surface area contributed by atoms with Gasteiger partial charge in [0, 0.05) is 10.9 Å². The van der Waals surface area contributed by atoms with Gasteiger partial charge in [-0.15, -0.1) is 0 Å². The fraction of sp³-hybridized carbons (Fsp3) is 0. The molecule has 0 spiro atoms. The number of nitrogens with zero attached hydrogens (tertiary/aromatic N) is 2. The molecule has 128 valence electrons. The lowest BCUT2D eigenvalue weighted by Gasteiger charge is -2.07. The second-order valence-electron chi connectivity index (χ2n) is 6.49. The number of hydrogen-bond acceptors (Lipinski definition) is 2. The molecular formula is C24H15ClN2. The predicted molar refractivity (Wildman–Crippen MR) is 113 cm³/mol. The lowest BCUT2D eigenvalue weighted by Crippen LogP contribution is -1.91. The van der Waals surface area contributed by atoms with Gasteiger partial charge in [0.2, 0.25) is 0 Å². The van der Waals surface area contributed by atoms with Crippen LogP contribution in [0.5, 0.6) is 0 Å². The van der Waals surface area contributed by atoms with Crippen molar-refractivity contribution in [2.45, 2.75) is 0 Å². The van der Waals surface area contributed by atoms with Crippen molar-refractivity contribution in [3.63, 3.8) is 0 Å². The molecule has 0 aliphatic carbocycles. The average Bonchev–Trinajstić information content (AvgIpc) is 2.73. The topological polar surface area (TPSA) is 25.8 Å². The molecule has 0 unspecified atom stereocenters. The fourth-order valence-electron chi connectivity index (χ4n) is 3.35. The second-order valence-corrected chi connectivity index (χ2v) is 6.85. The van der Waals surface area contributed by atoms with Gasteiger partial charge in [-0.2, -0.15) is 0 Å². The third-order valence-corrected chi connectivity index (χ3v) is 5.07. The third-order valence-electron chi connectivity index (χ3n) is 4.78. The second kappa shape index (κ2) is 6.49. The van der Waals surface area contributed by atoms with Gasteiger partial charge in [0.05, 0.1) is 5.52 Å². The minimum absolute atomic E-state index is 0.481. The highest BCUT2D eigenvalue weighted by molar-refractivity contribution is 6.34. The Balaban J connectivity index is 1.54. The number of rotatable bonds is 2. The quantitative estimate of drug-likeness (QED) is 0.322. The molecule has 5 aromatic rings. The highest BCUT2D eigenvalue weighted by Crippen LogP contribution is 2.28. The van der Waals surface area contributed by atoms with Gasteiger partial charge in [0.1, 0.15) is 5.15 Å². The van der Waals surface area contributed by atoms with Crippen molar-refractivity contribution >= 4 is 33.3 Å². The average molecular weight is 367 g/mol. The third kappa shape index (κ3) is 2.94. The molecule has 0 saturated carbocycles. The van der Waals surface area contributed by atoms with Gasteiger partial charge >= 0.3 is 0 Å². The Labute approximate surface area is 162 Å². The monoisotopic (exact) mass is 366 g/mol. The Morgan fingerprint density at radius 2 is 1.22 bits per heavy atom. The minimum Gasteiger partial charge on any atom is -0.228 e. The molecular weight excluding hydrogens is 352 g/mol. The van der Waals surface area contributed by atoms with Gasteiger partial charge in [0.25, 0.3) is 0 Å². The molecule has 1 heterocycles. The zero-order chi connectivity index (χ0) is 18.2. The maximum atomic E-state index is 6.34. The molecule has 0 saturated heterocycles. The molecule has 27 heavy (non-hydrogen) atoms. The van der Waals surface area contributed by atoms with Gasteiger partial charge in [-0.05, 0) is 40.1 Å². The molecule has 0 bridgehead atoms. The van der Waals surface area contributed by atoms with E-state index in [0.29, 0.717) is 11.0 Å². The molecule has 2 nitrogen and oxygen atoms in total. The first kappa shape index (κ1) is 16.0. The Morgan fingerprint density at radius 1 is 0.556 bits per heavy atom. The minimum atomic E-state index is 0.481. The van der Waals surface area contributed by atoms with Crippen LogP contribution in [0.25, 0.3) is 44.2 Å². The van der Waals surface area contributed by atoms with Crippen LogP contribution in [0.15, 0.2) is 91.0 Å². The van der Waals surface area contributed by atoms with E-state index in [0.717, 1.165) is 22.0 Å². The van der Waals surface area contributed by atoms with Crippen molar-refractivity contribution in [3.8, 4) is 22.5 Å². The van der Waals surface area contributed by atoms with E-state index < -0.39 is 0 Å².